The molecule has 2 aromatic rings. The van der Waals surface area contributed by atoms with E-state index in [0.717, 1.165) is 44.9 Å². The van der Waals surface area contributed by atoms with Crippen LogP contribution in [0.15, 0.2) is 18.2 Å². The van der Waals surface area contributed by atoms with E-state index in [1.807, 2.05) is 20.8 Å². The summed E-state index contributed by atoms with van der Waals surface area (Å²) in [7, 11) is 1.51. The standard InChI is InChI=1S/C38H52F2N4O6/c1-6-26-29-22-44(30(26)23(2)45)34(46)32(36(3)17-9-7-10-18-36)43-35(47)50-37(4)19-12-14-24(37)13-8-11-20-38(39,40)31-33(49-29)42-28-21-25(48-5)15-16-27(28)41-31/h15-16,21,24,26,29-30,32H,6-14,17-20,22H2,1-5H3,(H,43,47)/t24-,26-,29+,30-,32-,37-/m1/s1. The number of carbonyl (C=O) groups is 3. The van der Waals surface area contributed by atoms with Gasteiger partial charge in [0.25, 0.3) is 5.92 Å². The van der Waals surface area contributed by atoms with Gasteiger partial charge in [-0.3, -0.25) is 9.59 Å². The maximum atomic E-state index is 16.3. The molecule has 3 heterocycles. The van der Waals surface area contributed by atoms with Crippen LogP contribution in [0.4, 0.5) is 13.6 Å². The number of halogens is 2. The van der Waals surface area contributed by atoms with Crippen LogP contribution in [-0.2, 0) is 20.2 Å². The smallest absolute Gasteiger partial charge is 0.408 e. The second-order valence-corrected chi connectivity index (χ2v) is 15.5. The van der Waals surface area contributed by atoms with Crippen LogP contribution in [-0.4, -0.2) is 70.1 Å². The van der Waals surface area contributed by atoms with Gasteiger partial charge in [0.2, 0.25) is 11.8 Å². The number of aromatic nitrogens is 2. The summed E-state index contributed by atoms with van der Waals surface area (Å²) in [6.45, 7) is 7.24. The molecule has 274 valence electrons. The number of methoxy groups -OCH3 is 1. The van der Waals surface area contributed by atoms with Gasteiger partial charge in [-0.1, -0.05) is 39.5 Å². The van der Waals surface area contributed by atoms with Crippen molar-refractivity contribution in [3.63, 3.8) is 0 Å². The van der Waals surface area contributed by atoms with Crippen molar-refractivity contribution in [1.82, 2.24) is 20.2 Å². The van der Waals surface area contributed by atoms with Crippen molar-refractivity contribution in [3.05, 3.63) is 23.9 Å². The van der Waals surface area contributed by atoms with E-state index < -0.39 is 59.3 Å². The molecule has 0 radical (unpaired) electrons. The molecule has 3 fully saturated rings. The maximum Gasteiger partial charge on any atom is 0.408 e. The second kappa shape index (κ2) is 14.2. The van der Waals surface area contributed by atoms with E-state index >= 15 is 8.78 Å². The monoisotopic (exact) mass is 698 g/mol. The first kappa shape index (κ1) is 36.2. The Balaban J connectivity index is 1.45. The van der Waals surface area contributed by atoms with Crippen molar-refractivity contribution >= 4 is 28.8 Å². The minimum atomic E-state index is -3.37. The third-order valence-electron chi connectivity index (χ3n) is 12.1. The molecule has 2 saturated carbocycles. The molecule has 4 aliphatic rings. The molecule has 50 heavy (non-hydrogen) atoms. The van der Waals surface area contributed by atoms with Crippen molar-refractivity contribution in [2.75, 3.05) is 13.7 Å². The van der Waals surface area contributed by atoms with E-state index in [-0.39, 0.29) is 42.0 Å². The Labute approximate surface area is 293 Å². The summed E-state index contributed by atoms with van der Waals surface area (Å²) in [6.07, 6.45) is 6.55. The fourth-order valence-electron chi connectivity index (χ4n) is 9.20. The van der Waals surface area contributed by atoms with Crippen LogP contribution in [0, 0.1) is 17.3 Å². The zero-order valence-electron chi connectivity index (χ0n) is 30.1. The van der Waals surface area contributed by atoms with Gasteiger partial charge >= 0.3 is 6.09 Å². The Bertz CT molecular complexity index is 1600. The molecule has 1 N–H and O–H groups in total. The molecule has 0 unspecified atom stereocenters. The average Bonchev–Trinajstić information content (AvgIpc) is 3.63. The summed E-state index contributed by atoms with van der Waals surface area (Å²) in [5, 5.41) is 3.01. The van der Waals surface area contributed by atoms with Crippen molar-refractivity contribution in [1.29, 1.82) is 0 Å². The number of hydrogen-bond acceptors (Lipinski definition) is 8. The fraction of sp³-hybridized carbons (Fsp3) is 0.711. The Morgan fingerprint density at radius 3 is 2.42 bits per heavy atom. The maximum absolute atomic E-state index is 16.3. The van der Waals surface area contributed by atoms with E-state index in [2.05, 4.69) is 15.3 Å². The van der Waals surface area contributed by atoms with Crippen LogP contribution in [0.1, 0.15) is 117 Å². The first-order valence-electron chi connectivity index (χ1n) is 18.5. The molecule has 2 aliphatic carbocycles. The van der Waals surface area contributed by atoms with Gasteiger partial charge in [0.15, 0.2) is 11.5 Å². The summed E-state index contributed by atoms with van der Waals surface area (Å²) in [5.41, 5.74) is -1.28. The Kier molecular flexibility index (Phi) is 10.3. The number of nitrogens with zero attached hydrogens (tertiary/aromatic N) is 3. The highest BCUT2D eigenvalue weighted by Gasteiger charge is 2.53. The molecule has 1 aromatic carbocycles. The van der Waals surface area contributed by atoms with Crippen LogP contribution >= 0.6 is 0 Å². The lowest BCUT2D eigenvalue weighted by Crippen LogP contribution is -2.59. The number of rotatable bonds is 4. The zero-order valence-corrected chi connectivity index (χ0v) is 30.1. The Morgan fingerprint density at radius 2 is 1.72 bits per heavy atom. The highest BCUT2D eigenvalue weighted by Crippen LogP contribution is 2.45. The van der Waals surface area contributed by atoms with Gasteiger partial charge in [-0.15, -0.1) is 0 Å². The predicted octanol–water partition coefficient (Wildman–Crippen LogP) is 7.50. The number of benzene rings is 1. The lowest BCUT2D eigenvalue weighted by molar-refractivity contribution is -0.143. The minimum absolute atomic E-state index is 0.00116. The first-order chi connectivity index (χ1) is 23.8. The fourth-order valence-corrected chi connectivity index (χ4v) is 9.20. The normalized spacial score (nSPS) is 31.7. The molecule has 2 aliphatic heterocycles. The van der Waals surface area contributed by atoms with Gasteiger partial charge in [-0.25, -0.2) is 14.8 Å². The minimum Gasteiger partial charge on any atom is -0.497 e. The number of hydrogen-bond donors (Lipinski definition) is 1. The van der Waals surface area contributed by atoms with Crippen LogP contribution in [0.5, 0.6) is 11.6 Å². The summed E-state index contributed by atoms with van der Waals surface area (Å²) in [5.74, 6) is -4.31. The zero-order chi connectivity index (χ0) is 35.8. The number of carbonyl (C=O) groups excluding carboxylic acids is 3. The molecule has 1 aromatic heterocycles. The Hall–Kier alpha value is -3.57. The second-order valence-electron chi connectivity index (χ2n) is 15.5. The summed E-state index contributed by atoms with van der Waals surface area (Å²) in [6, 6.07) is 3.05. The van der Waals surface area contributed by atoms with Crippen molar-refractivity contribution in [2.45, 2.75) is 141 Å². The highest BCUT2D eigenvalue weighted by atomic mass is 19.3. The number of nitrogens with one attached hydrogen (secondary N) is 1. The summed E-state index contributed by atoms with van der Waals surface area (Å²) < 4.78 is 50.5. The van der Waals surface area contributed by atoms with Crippen LogP contribution in [0.3, 0.4) is 0 Å². The van der Waals surface area contributed by atoms with E-state index in [1.165, 1.54) is 18.9 Å². The largest absolute Gasteiger partial charge is 0.497 e. The molecule has 12 heteroatoms. The van der Waals surface area contributed by atoms with Gasteiger partial charge in [0.1, 0.15) is 23.5 Å². The molecule has 2 bridgehead atoms. The van der Waals surface area contributed by atoms with Crippen molar-refractivity contribution < 1.29 is 37.4 Å². The number of alkyl halides is 2. The lowest BCUT2D eigenvalue weighted by Gasteiger charge is -2.42. The molecule has 1 saturated heterocycles. The van der Waals surface area contributed by atoms with Crippen molar-refractivity contribution in [2.24, 2.45) is 17.3 Å². The van der Waals surface area contributed by atoms with Crippen LogP contribution in [0.25, 0.3) is 11.0 Å². The van der Waals surface area contributed by atoms with E-state index in [4.69, 9.17) is 14.2 Å². The quantitative estimate of drug-likeness (QED) is 0.349. The third kappa shape index (κ3) is 7.00. The molecule has 6 rings (SSSR count). The third-order valence-corrected chi connectivity index (χ3v) is 12.1. The SMILES string of the molecule is CC[C@@H]1[C@@H]2CN(C(=O)[C@H](C3(C)CCCCC3)NC(=O)O[C@]3(C)CCC[C@H]3CCCCC(F)(F)c3nc4ccc(OC)cc4nc3O2)[C@@H]1C(C)=O. The van der Waals surface area contributed by atoms with E-state index in [1.54, 1.807) is 18.2 Å². The first-order valence-corrected chi connectivity index (χ1v) is 18.5. The number of alkyl carbamates (subject to hydrolysis) is 1. The van der Waals surface area contributed by atoms with E-state index in [0.29, 0.717) is 36.9 Å². The highest BCUT2D eigenvalue weighted by molar-refractivity contribution is 5.93. The van der Waals surface area contributed by atoms with Crippen LogP contribution in [0.2, 0.25) is 0 Å². The summed E-state index contributed by atoms with van der Waals surface area (Å²) in [4.78, 5) is 52.5. The van der Waals surface area contributed by atoms with Gasteiger partial charge in [0, 0.05) is 18.4 Å². The molecular weight excluding hydrogens is 646 g/mol. The van der Waals surface area contributed by atoms with E-state index in [9.17, 15) is 14.4 Å². The van der Waals surface area contributed by atoms with Crippen LogP contribution < -0.4 is 14.8 Å². The number of fused-ring (bicyclic) bond motifs is 5. The van der Waals surface area contributed by atoms with Gasteiger partial charge < -0.3 is 24.4 Å². The molecule has 2 amide bonds. The topological polar surface area (TPSA) is 120 Å². The predicted molar refractivity (Wildman–Crippen MR) is 183 cm³/mol. The van der Waals surface area contributed by atoms with Gasteiger partial charge in [-0.2, -0.15) is 8.78 Å². The molecular formula is C38H52F2N4O6. The van der Waals surface area contributed by atoms with Gasteiger partial charge in [0.05, 0.1) is 30.7 Å². The Morgan fingerprint density at radius 1 is 1.00 bits per heavy atom. The summed E-state index contributed by atoms with van der Waals surface area (Å²) >= 11 is 0. The number of Topliss-reactive ketones (excluding diaryl/α,β-unsaturated/α-hetero) is 1. The number of ether oxygens (including phenoxy) is 3. The molecule has 6 atom stereocenters. The number of ketones is 1. The van der Waals surface area contributed by atoms with Gasteiger partial charge in [-0.05, 0) is 88.7 Å². The number of amides is 2. The lowest BCUT2D eigenvalue weighted by atomic mass is 9.70. The molecule has 10 nitrogen and oxygen atoms in total. The average molecular weight is 699 g/mol. The van der Waals surface area contributed by atoms with Crippen molar-refractivity contribution in [3.8, 4) is 11.6 Å². The molecule has 0 spiro atoms.